The summed E-state index contributed by atoms with van der Waals surface area (Å²) >= 11 is 0. The van der Waals surface area contributed by atoms with Crippen LogP contribution in [0.2, 0.25) is 0 Å². The van der Waals surface area contributed by atoms with Crippen molar-refractivity contribution >= 4 is 5.97 Å². The van der Waals surface area contributed by atoms with E-state index in [-0.39, 0.29) is 12.6 Å². The van der Waals surface area contributed by atoms with Crippen LogP contribution in [0.3, 0.4) is 0 Å². The average Bonchev–Trinajstić information content (AvgIpc) is 3.13. The van der Waals surface area contributed by atoms with Gasteiger partial charge in [0.1, 0.15) is 0 Å². The third kappa shape index (κ3) is 4.21. The number of ether oxygens (including phenoxy) is 1. The van der Waals surface area contributed by atoms with E-state index < -0.39 is 0 Å². The van der Waals surface area contributed by atoms with E-state index in [2.05, 4.69) is 26.1 Å². The predicted molar refractivity (Wildman–Crippen MR) is 125 cm³/mol. The molecule has 0 aliphatic heterocycles. The van der Waals surface area contributed by atoms with E-state index in [1.54, 1.807) is 0 Å². The van der Waals surface area contributed by atoms with Gasteiger partial charge in [0.15, 0.2) is 0 Å². The predicted octanol–water partition coefficient (Wildman–Crippen LogP) is 5.19. The Labute approximate surface area is 190 Å². The van der Waals surface area contributed by atoms with Gasteiger partial charge in [-0.05, 0) is 111 Å². The maximum absolute atomic E-state index is 11.7. The Bertz CT molecular complexity index is 638. The second-order valence-corrected chi connectivity index (χ2v) is 12.1. The monoisotopic (exact) mass is 433 g/mol. The van der Waals surface area contributed by atoms with Crippen molar-refractivity contribution in [1.29, 1.82) is 0 Å². The molecule has 4 heteroatoms. The highest BCUT2D eigenvalue weighted by atomic mass is 16.5. The van der Waals surface area contributed by atoms with Crippen LogP contribution in [0.5, 0.6) is 0 Å². The van der Waals surface area contributed by atoms with Crippen molar-refractivity contribution in [3.8, 4) is 0 Å². The van der Waals surface area contributed by atoms with Gasteiger partial charge in [-0.2, -0.15) is 0 Å². The van der Waals surface area contributed by atoms with Crippen molar-refractivity contribution in [1.82, 2.24) is 5.32 Å². The largest absolute Gasteiger partial charge is 0.469 e. The summed E-state index contributed by atoms with van der Waals surface area (Å²) in [6, 6.07) is 0.613. The van der Waals surface area contributed by atoms with Gasteiger partial charge in [0.25, 0.3) is 0 Å². The summed E-state index contributed by atoms with van der Waals surface area (Å²) in [7, 11) is 1.51. The van der Waals surface area contributed by atoms with Gasteiger partial charge in [0.05, 0.1) is 13.7 Å². The molecule has 4 fully saturated rings. The molecule has 0 saturated heterocycles. The lowest BCUT2D eigenvalue weighted by Gasteiger charge is -2.61. The first-order valence-corrected chi connectivity index (χ1v) is 13.2. The minimum absolute atomic E-state index is 0.0504. The highest BCUT2D eigenvalue weighted by molar-refractivity contribution is 5.69. The summed E-state index contributed by atoms with van der Waals surface area (Å²) in [6.45, 7) is 8.65. The first-order valence-electron chi connectivity index (χ1n) is 13.2. The summed E-state index contributed by atoms with van der Waals surface area (Å²) in [5.74, 6) is 4.91. The summed E-state index contributed by atoms with van der Waals surface area (Å²) in [5.41, 5.74) is 0.996. The first-order chi connectivity index (χ1) is 14.8. The van der Waals surface area contributed by atoms with Crippen LogP contribution in [0.15, 0.2) is 0 Å². The van der Waals surface area contributed by atoms with E-state index in [9.17, 15) is 9.90 Å². The first kappa shape index (κ1) is 23.5. The topological polar surface area (TPSA) is 58.6 Å². The third-order valence-electron chi connectivity index (χ3n) is 11.0. The molecule has 2 N–H and O–H groups in total. The number of hydrogen-bond donors (Lipinski definition) is 2. The molecule has 0 aromatic heterocycles. The Kier molecular flexibility index (Phi) is 7.09. The van der Waals surface area contributed by atoms with E-state index in [4.69, 9.17) is 4.74 Å². The fraction of sp³-hybridized carbons (Fsp3) is 0.963. The van der Waals surface area contributed by atoms with Gasteiger partial charge in [-0.3, -0.25) is 4.79 Å². The van der Waals surface area contributed by atoms with E-state index in [1.165, 1.54) is 64.9 Å². The van der Waals surface area contributed by atoms with Crippen molar-refractivity contribution < 1.29 is 14.6 Å². The quantitative estimate of drug-likeness (QED) is 0.543. The molecule has 0 bridgehead atoms. The number of methoxy groups -OCH3 is 1. The Morgan fingerprint density at radius 2 is 1.81 bits per heavy atom. The highest BCUT2D eigenvalue weighted by Crippen LogP contribution is 2.68. The van der Waals surface area contributed by atoms with Gasteiger partial charge in [-0.15, -0.1) is 0 Å². The van der Waals surface area contributed by atoms with E-state index in [0.717, 1.165) is 42.6 Å². The highest BCUT2D eigenvalue weighted by Gasteiger charge is 2.60. The molecule has 0 amide bonds. The molecule has 4 rings (SSSR count). The number of rotatable bonds is 7. The van der Waals surface area contributed by atoms with Crippen molar-refractivity contribution in [2.45, 2.75) is 97.4 Å². The molecular weight excluding hydrogens is 386 g/mol. The van der Waals surface area contributed by atoms with Crippen LogP contribution >= 0.6 is 0 Å². The van der Waals surface area contributed by atoms with Crippen molar-refractivity contribution in [3.63, 3.8) is 0 Å². The Morgan fingerprint density at radius 3 is 2.55 bits per heavy atom. The SMILES string of the molecule is COC(=O)CC[C@@H](C)C1CCC2C3CCC4CC(NCCO)CCC4(C)C3CCC21C. The van der Waals surface area contributed by atoms with Crippen molar-refractivity contribution in [3.05, 3.63) is 0 Å². The summed E-state index contributed by atoms with van der Waals surface area (Å²) in [5, 5.41) is 12.8. The van der Waals surface area contributed by atoms with Crippen molar-refractivity contribution in [2.75, 3.05) is 20.3 Å². The Hall–Kier alpha value is -0.610. The molecule has 0 aromatic carbocycles. The molecule has 9 atom stereocenters. The van der Waals surface area contributed by atoms with Crippen LogP contribution in [-0.4, -0.2) is 37.4 Å². The lowest BCUT2D eigenvalue weighted by Crippen LogP contribution is -2.55. The van der Waals surface area contributed by atoms with Gasteiger partial charge in [0.2, 0.25) is 0 Å². The Balaban J connectivity index is 1.43. The fourth-order valence-corrected chi connectivity index (χ4v) is 9.34. The van der Waals surface area contributed by atoms with Gasteiger partial charge < -0.3 is 15.2 Å². The fourth-order valence-electron chi connectivity index (χ4n) is 9.34. The minimum Gasteiger partial charge on any atom is -0.469 e. The van der Waals surface area contributed by atoms with E-state index in [1.807, 2.05) is 0 Å². The van der Waals surface area contributed by atoms with Crippen LogP contribution < -0.4 is 5.32 Å². The third-order valence-corrected chi connectivity index (χ3v) is 11.0. The second kappa shape index (κ2) is 9.33. The molecule has 8 unspecified atom stereocenters. The summed E-state index contributed by atoms with van der Waals surface area (Å²) in [4.78, 5) is 11.7. The molecule has 31 heavy (non-hydrogen) atoms. The summed E-state index contributed by atoms with van der Waals surface area (Å²) in [6.07, 6.45) is 13.9. The Morgan fingerprint density at radius 1 is 1.06 bits per heavy atom. The molecule has 4 saturated carbocycles. The molecule has 4 nitrogen and oxygen atoms in total. The van der Waals surface area contributed by atoms with E-state index in [0.29, 0.717) is 29.2 Å². The van der Waals surface area contributed by atoms with Gasteiger partial charge in [-0.25, -0.2) is 0 Å². The number of hydrogen-bond acceptors (Lipinski definition) is 4. The van der Waals surface area contributed by atoms with Crippen LogP contribution in [0.4, 0.5) is 0 Å². The molecule has 0 spiro atoms. The maximum atomic E-state index is 11.7. The number of carbonyl (C=O) groups is 1. The number of carbonyl (C=O) groups excluding carboxylic acids is 1. The van der Waals surface area contributed by atoms with Crippen LogP contribution in [0, 0.1) is 46.3 Å². The average molecular weight is 434 g/mol. The normalized spacial score (nSPS) is 45.3. The van der Waals surface area contributed by atoms with Crippen LogP contribution in [0.25, 0.3) is 0 Å². The van der Waals surface area contributed by atoms with Crippen molar-refractivity contribution in [2.24, 2.45) is 46.3 Å². The standard InChI is InChI=1S/C27H47NO3/c1-18(5-10-25(30)31-4)22-8-9-23-21-7-6-19-17-20(28-15-16-29)11-13-26(19,2)24(21)12-14-27(22,23)3/h18-24,28-29H,5-17H2,1-4H3/t18-,19?,20?,21?,22?,23?,24?,26?,27?/m1/s1. The van der Waals surface area contributed by atoms with Gasteiger partial charge >= 0.3 is 5.97 Å². The lowest BCUT2D eigenvalue weighted by atomic mass is 9.44. The number of aliphatic hydroxyl groups excluding tert-OH is 1. The minimum atomic E-state index is -0.0504. The summed E-state index contributed by atoms with van der Waals surface area (Å²) < 4.78 is 4.90. The number of aliphatic hydroxyl groups is 1. The number of nitrogens with one attached hydrogen (secondary N) is 1. The molecule has 178 valence electrons. The zero-order valence-corrected chi connectivity index (χ0v) is 20.5. The van der Waals surface area contributed by atoms with Gasteiger partial charge in [0, 0.05) is 19.0 Å². The maximum Gasteiger partial charge on any atom is 0.305 e. The molecule has 0 heterocycles. The zero-order valence-electron chi connectivity index (χ0n) is 20.5. The molecule has 0 aromatic rings. The van der Waals surface area contributed by atoms with Crippen LogP contribution in [0.1, 0.15) is 91.4 Å². The molecule has 0 radical (unpaired) electrons. The number of esters is 1. The molecular formula is C27H47NO3. The molecule has 4 aliphatic carbocycles. The van der Waals surface area contributed by atoms with Crippen LogP contribution in [-0.2, 0) is 9.53 Å². The van der Waals surface area contributed by atoms with Gasteiger partial charge in [-0.1, -0.05) is 20.8 Å². The van der Waals surface area contributed by atoms with E-state index >= 15 is 0 Å². The second-order valence-electron chi connectivity index (χ2n) is 12.1. The smallest absolute Gasteiger partial charge is 0.305 e. The number of fused-ring (bicyclic) bond motifs is 5. The lowest BCUT2D eigenvalue weighted by molar-refractivity contribution is -0.141. The molecule has 4 aliphatic rings. The zero-order chi connectivity index (χ0) is 22.2.